The standard InChI is InChI=1S/C26H32F2N6O5S/c1-4-7-40-25-30-23(29-17-9-14(17)13-5-6-15(27)16(28)8-13)20-24(31-25)34(33-32-20)18-10-19(22(36)21(18)35)39-26(37)38-11-12(2)3/h5-6,8,12,14,17-19,21-22,35-36H,4,7,9-11H2,1-3H3,(H,29,30,31)/t14-,17+,18+,19-,21-,22+/m0/s1. The quantitative estimate of drug-likeness (QED) is 0.183. The Hall–Kier alpha value is -3.10. The molecule has 0 radical (unpaired) electrons. The number of aromatic nitrogens is 5. The largest absolute Gasteiger partial charge is 0.508 e. The molecule has 0 amide bonds. The Bertz CT molecular complexity index is 1380. The van der Waals surface area contributed by atoms with Gasteiger partial charge >= 0.3 is 6.16 Å². The lowest BCUT2D eigenvalue weighted by Gasteiger charge is -2.17. The fraction of sp³-hybridized carbons (Fsp3) is 0.577. The van der Waals surface area contributed by atoms with Crippen molar-refractivity contribution >= 4 is 34.9 Å². The van der Waals surface area contributed by atoms with Gasteiger partial charge in [-0.3, -0.25) is 0 Å². The summed E-state index contributed by atoms with van der Waals surface area (Å²) in [6.45, 7) is 5.98. The van der Waals surface area contributed by atoms with Crippen molar-refractivity contribution in [1.29, 1.82) is 0 Å². The minimum absolute atomic E-state index is 0.0259. The van der Waals surface area contributed by atoms with Gasteiger partial charge in [0.1, 0.15) is 18.3 Å². The summed E-state index contributed by atoms with van der Waals surface area (Å²) in [4.78, 5) is 21.3. The number of nitrogens with one attached hydrogen (secondary N) is 1. The molecule has 2 heterocycles. The number of carbonyl (C=O) groups is 1. The molecule has 14 heteroatoms. The van der Waals surface area contributed by atoms with Crippen LogP contribution in [0.3, 0.4) is 0 Å². The van der Waals surface area contributed by atoms with Crippen LogP contribution in [0.15, 0.2) is 23.4 Å². The van der Waals surface area contributed by atoms with Crippen LogP contribution in [0.4, 0.5) is 19.4 Å². The van der Waals surface area contributed by atoms with Crippen LogP contribution >= 0.6 is 11.8 Å². The number of rotatable bonds is 10. The zero-order valence-corrected chi connectivity index (χ0v) is 23.1. The first-order valence-corrected chi connectivity index (χ1v) is 14.3. The number of nitrogens with zero attached hydrogens (tertiary/aromatic N) is 5. The van der Waals surface area contributed by atoms with Crippen molar-refractivity contribution in [3.05, 3.63) is 35.4 Å². The van der Waals surface area contributed by atoms with Crippen molar-refractivity contribution in [3.63, 3.8) is 0 Å². The summed E-state index contributed by atoms with van der Waals surface area (Å²) in [7, 11) is 0. The number of hydrogen-bond acceptors (Lipinski definition) is 11. The topological polar surface area (TPSA) is 145 Å². The van der Waals surface area contributed by atoms with E-state index < -0.39 is 42.1 Å². The third-order valence-corrected chi connectivity index (χ3v) is 7.97. The number of carbonyl (C=O) groups excluding carboxylic acids is 1. The second kappa shape index (κ2) is 11.8. The fourth-order valence-corrected chi connectivity index (χ4v) is 5.45. The Labute approximate surface area is 233 Å². The van der Waals surface area contributed by atoms with Crippen LogP contribution < -0.4 is 5.32 Å². The van der Waals surface area contributed by atoms with Gasteiger partial charge in [-0.25, -0.2) is 28.2 Å². The summed E-state index contributed by atoms with van der Waals surface area (Å²) in [5.41, 5.74) is 1.39. The summed E-state index contributed by atoms with van der Waals surface area (Å²) in [6, 6.07) is 3.05. The van der Waals surface area contributed by atoms with Crippen LogP contribution in [0.1, 0.15) is 57.6 Å². The lowest BCUT2D eigenvalue weighted by molar-refractivity contribution is -0.0511. The number of thioether (sulfide) groups is 1. The molecule has 1 aromatic carbocycles. The zero-order chi connectivity index (χ0) is 28.6. The fourth-order valence-electron chi connectivity index (χ4n) is 4.75. The molecule has 2 aromatic heterocycles. The number of aliphatic hydroxyl groups is 2. The van der Waals surface area contributed by atoms with Gasteiger partial charge in [-0.1, -0.05) is 43.8 Å². The van der Waals surface area contributed by atoms with Gasteiger partial charge in [-0.2, -0.15) is 0 Å². The number of aliphatic hydroxyl groups excluding tert-OH is 2. The first kappa shape index (κ1) is 28.4. The predicted octanol–water partition coefficient (Wildman–Crippen LogP) is 3.81. The molecule has 2 aliphatic carbocycles. The molecule has 0 saturated heterocycles. The van der Waals surface area contributed by atoms with Gasteiger partial charge in [0, 0.05) is 24.1 Å². The van der Waals surface area contributed by atoms with Crippen LogP contribution in [0.5, 0.6) is 0 Å². The van der Waals surface area contributed by atoms with Crippen LogP contribution in [0, 0.1) is 17.6 Å². The van der Waals surface area contributed by atoms with Crippen LogP contribution in [0.25, 0.3) is 11.2 Å². The SMILES string of the molecule is CCCSc1nc(N[C@@H]2C[C@H]2c2ccc(F)c(F)c2)c2nnn([C@@H]3C[C@H](OC(=O)OCC(C)C)[C@@H](O)[C@H]3O)c2n1. The van der Waals surface area contributed by atoms with Crippen molar-refractivity contribution in [2.45, 2.75) is 81.5 Å². The van der Waals surface area contributed by atoms with Gasteiger partial charge in [0.25, 0.3) is 0 Å². The number of benzene rings is 1. The molecule has 2 fully saturated rings. The maximum atomic E-state index is 13.8. The normalized spacial score (nSPS) is 25.9. The summed E-state index contributed by atoms with van der Waals surface area (Å²) < 4.78 is 38.9. The Morgan fingerprint density at radius 2 is 2.00 bits per heavy atom. The lowest BCUT2D eigenvalue weighted by atomic mass is 10.1. The van der Waals surface area contributed by atoms with Gasteiger partial charge in [-0.15, -0.1) is 5.10 Å². The molecule has 5 rings (SSSR count). The average molecular weight is 579 g/mol. The predicted molar refractivity (Wildman–Crippen MR) is 142 cm³/mol. The zero-order valence-electron chi connectivity index (χ0n) is 22.3. The van der Waals surface area contributed by atoms with E-state index in [0.29, 0.717) is 34.1 Å². The van der Waals surface area contributed by atoms with Crippen molar-refractivity contribution < 1.29 is 33.3 Å². The van der Waals surface area contributed by atoms with Crippen LogP contribution in [0.2, 0.25) is 0 Å². The lowest BCUT2D eigenvalue weighted by Crippen LogP contribution is -2.34. The highest BCUT2D eigenvalue weighted by Gasteiger charge is 2.46. The summed E-state index contributed by atoms with van der Waals surface area (Å²) in [5, 5.41) is 33.8. The number of ether oxygens (including phenoxy) is 2. The highest BCUT2D eigenvalue weighted by atomic mass is 32.2. The van der Waals surface area contributed by atoms with Gasteiger partial charge in [0.15, 0.2) is 33.8 Å². The molecule has 3 aromatic rings. The smallest absolute Gasteiger partial charge is 0.434 e. The Morgan fingerprint density at radius 3 is 2.73 bits per heavy atom. The molecule has 0 spiro atoms. The number of fused-ring (bicyclic) bond motifs is 1. The van der Waals surface area contributed by atoms with Gasteiger partial charge in [-0.05, 0) is 36.5 Å². The average Bonchev–Trinajstić information content (AvgIpc) is 3.47. The summed E-state index contributed by atoms with van der Waals surface area (Å²) in [5.74, 6) is -0.482. The van der Waals surface area contributed by atoms with Gasteiger partial charge in [0.05, 0.1) is 12.6 Å². The van der Waals surface area contributed by atoms with E-state index in [0.717, 1.165) is 18.2 Å². The number of anilines is 1. The molecule has 3 N–H and O–H groups in total. The summed E-state index contributed by atoms with van der Waals surface area (Å²) in [6.07, 6.45) is -2.91. The van der Waals surface area contributed by atoms with E-state index in [-0.39, 0.29) is 30.9 Å². The molecule has 0 aliphatic heterocycles. The monoisotopic (exact) mass is 578 g/mol. The molecule has 2 saturated carbocycles. The van der Waals surface area contributed by atoms with E-state index in [4.69, 9.17) is 9.47 Å². The van der Waals surface area contributed by atoms with E-state index in [9.17, 15) is 23.8 Å². The number of halogens is 2. The van der Waals surface area contributed by atoms with Crippen molar-refractivity contribution in [1.82, 2.24) is 25.0 Å². The molecule has 2 aliphatic rings. The minimum atomic E-state index is -1.35. The highest BCUT2D eigenvalue weighted by Crippen LogP contribution is 2.44. The second-order valence-electron chi connectivity index (χ2n) is 10.6. The highest BCUT2D eigenvalue weighted by molar-refractivity contribution is 7.99. The first-order valence-electron chi connectivity index (χ1n) is 13.3. The summed E-state index contributed by atoms with van der Waals surface area (Å²) >= 11 is 1.45. The van der Waals surface area contributed by atoms with Crippen LogP contribution in [-0.2, 0) is 9.47 Å². The Morgan fingerprint density at radius 1 is 1.20 bits per heavy atom. The van der Waals surface area contributed by atoms with E-state index in [2.05, 4.69) is 25.6 Å². The molecular formula is C26H32F2N6O5S. The van der Waals surface area contributed by atoms with Crippen molar-refractivity contribution in [2.75, 3.05) is 17.7 Å². The maximum absolute atomic E-state index is 13.8. The van der Waals surface area contributed by atoms with E-state index in [1.165, 1.54) is 22.5 Å². The van der Waals surface area contributed by atoms with Gasteiger partial charge in [0.2, 0.25) is 0 Å². The third kappa shape index (κ3) is 5.98. The molecule has 11 nitrogen and oxygen atoms in total. The second-order valence-corrected chi connectivity index (χ2v) is 11.6. The molecule has 40 heavy (non-hydrogen) atoms. The molecule has 216 valence electrons. The first-order chi connectivity index (χ1) is 19.2. The van der Waals surface area contributed by atoms with Crippen molar-refractivity contribution in [2.24, 2.45) is 5.92 Å². The Balaban J connectivity index is 1.38. The van der Waals surface area contributed by atoms with Crippen molar-refractivity contribution in [3.8, 4) is 0 Å². The van der Waals surface area contributed by atoms with Gasteiger partial charge < -0.3 is 25.0 Å². The van der Waals surface area contributed by atoms with Crippen LogP contribution in [-0.4, -0.2) is 78.0 Å². The van der Waals surface area contributed by atoms with E-state index in [1.807, 2.05) is 20.8 Å². The molecule has 6 atom stereocenters. The minimum Gasteiger partial charge on any atom is -0.434 e. The molecule has 0 unspecified atom stereocenters. The molecular weight excluding hydrogens is 546 g/mol. The van der Waals surface area contributed by atoms with E-state index >= 15 is 0 Å². The third-order valence-electron chi connectivity index (χ3n) is 6.92. The molecule has 0 bridgehead atoms. The Kier molecular flexibility index (Phi) is 8.38. The van der Waals surface area contributed by atoms with E-state index in [1.54, 1.807) is 6.07 Å². The number of hydrogen-bond donors (Lipinski definition) is 3. The maximum Gasteiger partial charge on any atom is 0.508 e.